The molecule has 0 bridgehead atoms. The number of rotatable bonds is 2. The minimum absolute atomic E-state index is 0.0809. The van der Waals surface area contributed by atoms with E-state index >= 15 is 0 Å². The van der Waals surface area contributed by atoms with Gasteiger partial charge < -0.3 is 5.11 Å². The fraction of sp³-hybridized carbons (Fsp3) is 0.111. The van der Waals surface area contributed by atoms with Crippen molar-refractivity contribution in [2.75, 3.05) is 0 Å². The summed E-state index contributed by atoms with van der Waals surface area (Å²) in [4.78, 5) is 10.2. The molecule has 2 rings (SSSR count). The highest BCUT2D eigenvalue weighted by atomic mass is 32.1. The molecule has 2 aromatic rings. The molecule has 66 valence electrons. The molecule has 0 aliphatic heterocycles. The Labute approximate surface area is 79.7 Å². The number of aliphatic hydroxyl groups is 1. The van der Waals surface area contributed by atoms with E-state index in [1.807, 2.05) is 12.1 Å². The Morgan fingerprint density at radius 1 is 1.23 bits per heavy atom. The van der Waals surface area contributed by atoms with Crippen molar-refractivity contribution in [1.29, 1.82) is 0 Å². The lowest BCUT2D eigenvalue weighted by molar-refractivity contribution is 0.285. The van der Waals surface area contributed by atoms with Crippen LogP contribution in [0.15, 0.2) is 30.6 Å². The van der Waals surface area contributed by atoms with E-state index < -0.39 is 0 Å². The van der Waals surface area contributed by atoms with Crippen LogP contribution in [0.25, 0.3) is 10.7 Å². The largest absolute Gasteiger partial charge is 0.391 e. The van der Waals surface area contributed by atoms with Gasteiger partial charge in [-0.05, 0) is 18.2 Å². The fourth-order valence-corrected chi connectivity index (χ4v) is 1.83. The SMILES string of the molecule is OCc1ccc(-c2ncccn2)s1. The summed E-state index contributed by atoms with van der Waals surface area (Å²) in [6.07, 6.45) is 3.42. The van der Waals surface area contributed by atoms with E-state index in [0.717, 1.165) is 9.75 Å². The van der Waals surface area contributed by atoms with Crippen LogP contribution < -0.4 is 0 Å². The van der Waals surface area contributed by atoms with Crippen LogP contribution in [0.4, 0.5) is 0 Å². The van der Waals surface area contributed by atoms with Gasteiger partial charge in [0, 0.05) is 17.3 Å². The van der Waals surface area contributed by atoms with Gasteiger partial charge in [-0.25, -0.2) is 9.97 Å². The van der Waals surface area contributed by atoms with Crippen molar-refractivity contribution in [3.63, 3.8) is 0 Å². The number of thiophene rings is 1. The van der Waals surface area contributed by atoms with Gasteiger partial charge in [0.05, 0.1) is 11.5 Å². The van der Waals surface area contributed by atoms with Gasteiger partial charge in [-0.15, -0.1) is 11.3 Å². The molecule has 0 aliphatic carbocycles. The summed E-state index contributed by atoms with van der Waals surface area (Å²) >= 11 is 1.51. The molecule has 0 saturated heterocycles. The third-order valence-electron chi connectivity index (χ3n) is 1.60. The van der Waals surface area contributed by atoms with Crippen molar-refractivity contribution in [2.24, 2.45) is 0 Å². The summed E-state index contributed by atoms with van der Waals surface area (Å²) in [5.74, 6) is 0.715. The van der Waals surface area contributed by atoms with Crippen molar-refractivity contribution in [3.05, 3.63) is 35.5 Å². The van der Waals surface area contributed by atoms with Crippen molar-refractivity contribution in [3.8, 4) is 10.7 Å². The Balaban J connectivity index is 2.36. The van der Waals surface area contributed by atoms with Crippen molar-refractivity contribution in [1.82, 2.24) is 9.97 Å². The molecule has 0 aromatic carbocycles. The molecule has 3 nitrogen and oxygen atoms in total. The van der Waals surface area contributed by atoms with E-state index in [-0.39, 0.29) is 6.61 Å². The maximum Gasteiger partial charge on any atom is 0.169 e. The predicted octanol–water partition coefficient (Wildman–Crippen LogP) is 1.70. The Kier molecular flexibility index (Phi) is 2.33. The van der Waals surface area contributed by atoms with Crippen molar-refractivity contribution >= 4 is 11.3 Å². The molecular weight excluding hydrogens is 184 g/mol. The molecule has 0 saturated carbocycles. The van der Waals surface area contributed by atoms with Crippen LogP contribution in [-0.4, -0.2) is 15.1 Å². The zero-order valence-corrected chi connectivity index (χ0v) is 7.66. The van der Waals surface area contributed by atoms with Gasteiger partial charge in [-0.2, -0.15) is 0 Å². The first-order valence-corrected chi connectivity index (χ1v) is 4.69. The zero-order chi connectivity index (χ0) is 9.10. The molecule has 0 radical (unpaired) electrons. The minimum Gasteiger partial charge on any atom is -0.391 e. The van der Waals surface area contributed by atoms with E-state index in [4.69, 9.17) is 5.11 Å². The topological polar surface area (TPSA) is 46.0 Å². The molecule has 4 heteroatoms. The number of aromatic nitrogens is 2. The van der Waals surface area contributed by atoms with E-state index in [9.17, 15) is 0 Å². The highest BCUT2D eigenvalue weighted by Gasteiger charge is 2.03. The molecule has 13 heavy (non-hydrogen) atoms. The van der Waals surface area contributed by atoms with Crippen LogP contribution in [0.3, 0.4) is 0 Å². The first kappa shape index (κ1) is 8.34. The van der Waals surface area contributed by atoms with E-state index in [2.05, 4.69) is 9.97 Å². The molecular formula is C9H8N2OS. The van der Waals surface area contributed by atoms with E-state index in [0.29, 0.717) is 5.82 Å². The first-order chi connectivity index (χ1) is 6.40. The predicted molar refractivity (Wildman–Crippen MR) is 51.3 cm³/mol. The second-order valence-electron chi connectivity index (χ2n) is 2.50. The summed E-state index contributed by atoms with van der Waals surface area (Å²) in [5.41, 5.74) is 0. The monoisotopic (exact) mass is 192 g/mol. The quantitative estimate of drug-likeness (QED) is 0.787. The first-order valence-electron chi connectivity index (χ1n) is 3.87. The fourth-order valence-electron chi connectivity index (χ4n) is 1.01. The van der Waals surface area contributed by atoms with Crippen LogP contribution in [-0.2, 0) is 6.61 Å². The maximum absolute atomic E-state index is 8.87. The summed E-state index contributed by atoms with van der Waals surface area (Å²) in [5, 5.41) is 8.87. The van der Waals surface area contributed by atoms with Crippen LogP contribution in [0, 0.1) is 0 Å². The average molecular weight is 192 g/mol. The lowest BCUT2D eigenvalue weighted by atomic mass is 10.4. The Bertz CT molecular complexity index is 386. The molecule has 0 unspecified atom stereocenters. The lowest BCUT2D eigenvalue weighted by Gasteiger charge is -1.91. The van der Waals surface area contributed by atoms with Gasteiger partial charge >= 0.3 is 0 Å². The van der Waals surface area contributed by atoms with Gasteiger partial charge in [0.25, 0.3) is 0 Å². The van der Waals surface area contributed by atoms with Crippen LogP contribution in [0.2, 0.25) is 0 Å². The maximum atomic E-state index is 8.87. The molecule has 0 atom stereocenters. The molecule has 0 amide bonds. The second kappa shape index (κ2) is 3.64. The van der Waals surface area contributed by atoms with Crippen LogP contribution in [0.1, 0.15) is 4.88 Å². The molecule has 0 fully saturated rings. The van der Waals surface area contributed by atoms with E-state index in [1.54, 1.807) is 18.5 Å². The summed E-state index contributed by atoms with van der Waals surface area (Å²) < 4.78 is 0. The number of aliphatic hydroxyl groups excluding tert-OH is 1. The highest BCUT2D eigenvalue weighted by molar-refractivity contribution is 7.15. The number of hydrogen-bond donors (Lipinski definition) is 1. The lowest BCUT2D eigenvalue weighted by Crippen LogP contribution is -1.82. The zero-order valence-electron chi connectivity index (χ0n) is 6.84. The Morgan fingerprint density at radius 3 is 2.62 bits per heavy atom. The Morgan fingerprint density at radius 2 is 2.00 bits per heavy atom. The summed E-state index contributed by atoms with van der Waals surface area (Å²) in [6, 6.07) is 5.59. The normalized spacial score (nSPS) is 10.2. The highest BCUT2D eigenvalue weighted by Crippen LogP contribution is 2.24. The van der Waals surface area contributed by atoms with Gasteiger partial charge in [0.2, 0.25) is 0 Å². The summed E-state index contributed by atoms with van der Waals surface area (Å²) in [7, 11) is 0. The molecule has 2 heterocycles. The van der Waals surface area contributed by atoms with Crippen molar-refractivity contribution < 1.29 is 5.11 Å². The third kappa shape index (κ3) is 1.74. The molecule has 0 aliphatic rings. The van der Waals surface area contributed by atoms with Gasteiger partial charge in [0.15, 0.2) is 5.82 Å². The van der Waals surface area contributed by atoms with E-state index in [1.165, 1.54) is 11.3 Å². The van der Waals surface area contributed by atoms with Crippen molar-refractivity contribution in [2.45, 2.75) is 6.61 Å². The standard InChI is InChI=1S/C9H8N2OS/c12-6-7-2-3-8(13-7)9-10-4-1-5-11-9/h1-5,12H,6H2. The van der Waals surface area contributed by atoms with Gasteiger partial charge in [-0.3, -0.25) is 0 Å². The second-order valence-corrected chi connectivity index (χ2v) is 3.66. The molecule has 0 spiro atoms. The van der Waals surface area contributed by atoms with Crippen LogP contribution in [0.5, 0.6) is 0 Å². The molecule has 2 aromatic heterocycles. The number of nitrogens with zero attached hydrogens (tertiary/aromatic N) is 2. The smallest absolute Gasteiger partial charge is 0.169 e. The Hall–Kier alpha value is -1.26. The average Bonchev–Trinajstić information content (AvgIpc) is 2.67. The molecule has 1 N–H and O–H groups in total. The summed E-state index contributed by atoms with van der Waals surface area (Å²) in [6.45, 7) is 0.0809. The minimum atomic E-state index is 0.0809. The number of hydrogen-bond acceptors (Lipinski definition) is 4. The van der Waals surface area contributed by atoms with Gasteiger partial charge in [0.1, 0.15) is 0 Å². The third-order valence-corrected chi connectivity index (χ3v) is 2.67. The van der Waals surface area contributed by atoms with Crippen LogP contribution >= 0.6 is 11.3 Å². The van der Waals surface area contributed by atoms with Gasteiger partial charge in [-0.1, -0.05) is 0 Å².